The number of rotatable bonds is 5. The molecule has 3 rings (SSSR count). The molecular formula is C15H21NO2. The van der Waals surface area contributed by atoms with Crippen LogP contribution in [-0.2, 0) is 11.2 Å². The Kier molecular flexibility index (Phi) is 3.27. The van der Waals surface area contributed by atoms with Crippen molar-refractivity contribution in [2.24, 2.45) is 5.92 Å². The summed E-state index contributed by atoms with van der Waals surface area (Å²) in [4.78, 5) is 0. The van der Waals surface area contributed by atoms with Gasteiger partial charge in [-0.25, -0.2) is 0 Å². The number of likely N-dealkylation sites (N-methyl/N-ethyl adjacent to an activating group) is 1. The standard InChI is InChI=1S/C15H21NO2/c1-16-15-13-8-12(17-2)6-5-11(13)7-14(15)18-9-10-3-4-10/h5-6,8,10,14-16H,3-4,7,9H2,1-2H3. The molecule has 0 saturated heterocycles. The zero-order valence-corrected chi connectivity index (χ0v) is 11.1. The van der Waals surface area contributed by atoms with E-state index in [1.807, 2.05) is 13.1 Å². The Morgan fingerprint density at radius 2 is 2.17 bits per heavy atom. The molecule has 1 N–H and O–H groups in total. The number of nitrogens with one attached hydrogen (secondary N) is 1. The summed E-state index contributed by atoms with van der Waals surface area (Å²) in [6.45, 7) is 0.925. The van der Waals surface area contributed by atoms with Crippen molar-refractivity contribution < 1.29 is 9.47 Å². The van der Waals surface area contributed by atoms with Crippen molar-refractivity contribution in [3.05, 3.63) is 29.3 Å². The van der Waals surface area contributed by atoms with Gasteiger partial charge < -0.3 is 14.8 Å². The molecule has 1 aromatic rings. The first kappa shape index (κ1) is 12.0. The summed E-state index contributed by atoms with van der Waals surface area (Å²) in [7, 11) is 3.72. The number of hydrogen-bond acceptors (Lipinski definition) is 3. The van der Waals surface area contributed by atoms with Gasteiger partial charge in [0.05, 0.1) is 19.3 Å². The second-order valence-corrected chi connectivity index (χ2v) is 5.35. The molecule has 0 aliphatic heterocycles. The highest BCUT2D eigenvalue weighted by Gasteiger charge is 2.34. The minimum atomic E-state index is 0.276. The summed E-state index contributed by atoms with van der Waals surface area (Å²) < 4.78 is 11.4. The van der Waals surface area contributed by atoms with Gasteiger partial charge in [0, 0.05) is 13.0 Å². The Morgan fingerprint density at radius 1 is 1.33 bits per heavy atom. The number of methoxy groups -OCH3 is 1. The Hall–Kier alpha value is -1.06. The van der Waals surface area contributed by atoms with Gasteiger partial charge in [-0.15, -0.1) is 0 Å². The molecule has 3 heteroatoms. The number of fused-ring (bicyclic) bond motifs is 1. The lowest BCUT2D eigenvalue weighted by atomic mass is 10.1. The molecule has 3 nitrogen and oxygen atoms in total. The van der Waals surface area contributed by atoms with E-state index in [2.05, 4.69) is 17.4 Å². The maximum absolute atomic E-state index is 6.08. The molecule has 2 aliphatic carbocycles. The molecule has 2 unspecified atom stereocenters. The van der Waals surface area contributed by atoms with E-state index in [1.165, 1.54) is 24.0 Å². The lowest BCUT2D eigenvalue weighted by molar-refractivity contribution is 0.0299. The topological polar surface area (TPSA) is 30.5 Å². The van der Waals surface area contributed by atoms with E-state index in [4.69, 9.17) is 9.47 Å². The maximum atomic E-state index is 6.08. The molecule has 0 spiro atoms. The van der Waals surface area contributed by atoms with Gasteiger partial charge in [0.1, 0.15) is 5.75 Å². The predicted molar refractivity (Wildman–Crippen MR) is 71.0 cm³/mol. The molecule has 0 bridgehead atoms. The fourth-order valence-electron chi connectivity index (χ4n) is 2.75. The van der Waals surface area contributed by atoms with Gasteiger partial charge >= 0.3 is 0 Å². The minimum Gasteiger partial charge on any atom is -0.497 e. The smallest absolute Gasteiger partial charge is 0.119 e. The van der Waals surface area contributed by atoms with Crippen molar-refractivity contribution in [1.82, 2.24) is 5.32 Å². The van der Waals surface area contributed by atoms with Crippen LogP contribution in [0.15, 0.2) is 18.2 Å². The molecule has 1 fully saturated rings. The highest BCUT2D eigenvalue weighted by Crippen LogP contribution is 2.37. The first-order valence-electron chi connectivity index (χ1n) is 6.77. The first-order chi connectivity index (χ1) is 8.81. The molecule has 0 aromatic heterocycles. The van der Waals surface area contributed by atoms with E-state index in [-0.39, 0.29) is 6.10 Å². The minimum absolute atomic E-state index is 0.276. The van der Waals surface area contributed by atoms with E-state index in [9.17, 15) is 0 Å². The first-order valence-corrected chi connectivity index (χ1v) is 6.77. The summed E-state index contributed by atoms with van der Waals surface area (Å²) in [5, 5.41) is 3.39. The van der Waals surface area contributed by atoms with Gasteiger partial charge in [0.15, 0.2) is 0 Å². The zero-order valence-electron chi connectivity index (χ0n) is 11.1. The molecule has 18 heavy (non-hydrogen) atoms. The normalized spacial score (nSPS) is 26.1. The van der Waals surface area contributed by atoms with Crippen molar-refractivity contribution in [2.45, 2.75) is 31.4 Å². The van der Waals surface area contributed by atoms with Crippen LogP contribution in [0.25, 0.3) is 0 Å². The lowest BCUT2D eigenvalue weighted by Gasteiger charge is -2.20. The molecule has 1 saturated carbocycles. The highest BCUT2D eigenvalue weighted by molar-refractivity contribution is 5.42. The molecule has 2 atom stereocenters. The third-order valence-corrected chi connectivity index (χ3v) is 4.03. The van der Waals surface area contributed by atoms with Gasteiger partial charge in [-0.1, -0.05) is 6.07 Å². The summed E-state index contributed by atoms with van der Waals surface area (Å²) in [5.41, 5.74) is 2.72. The van der Waals surface area contributed by atoms with Crippen LogP contribution >= 0.6 is 0 Å². The second-order valence-electron chi connectivity index (χ2n) is 5.35. The van der Waals surface area contributed by atoms with Gasteiger partial charge in [-0.3, -0.25) is 0 Å². The van der Waals surface area contributed by atoms with Crippen LogP contribution in [-0.4, -0.2) is 26.9 Å². The number of benzene rings is 1. The predicted octanol–water partition coefficient (Wildman–Crippen LogP) is 2.31. The largest absolute Gasteiger partial charge is 0.497 e. The van der Waals surface area contributed by atoms with Gasteiger partial charge in [-0.2, -0.15) is 0 Å². The van der Waals surface area contributed by atoms with Gasteiger partial charge in [0.2, 0.25) is 0 Å². The third kappa shape index (κ3) is 2.25. The number of hydrogen-bond donors (Lipinski definition) is 1. The van der Waals surface area contributed by atoms with Crippen LogP contribution in [0.2, 0.25) is 0 Å². The summed E-state index contributed by atoms with van der Waals surface area (Å²) >= 11 is 0. The van der Waals surface area contributed by atoms with Gasteiger partial charge in [-0.05, 0) is 49.1 Å². The molecule has 0 radical (unpaired) electrons. The van der Waals surface area contributed by atoms with Crippen LogP contribution in [0.5, 0.6) is 5.75 Å². The monoisotopic (exact) mass is 247 g/mol. The van der Waals surface area contributed by atoms with Crippen LogP contribution < -0.4 is 10.1 Å². The Bertz CT molecular complexity index is 429. The lowest BCUT2D eigenvalue weighted by Crippen LogP contribution is -2.28. The van der Waals surface area contributed by atoms with Crippen molar-refractivity contribution in [3.8, 4) is 5.75 Å². The van der Waals surface area contributed by atoms with Crippen molar-refractivity contribution in [3.63, 3.8) is 0 Å². The van der Waals surface area contributed by atoms with Crippen LogP contribution in [0.1, 0.15) is 30.0 Å². The highest BCUT2D eigenvalue weighted by atomic mass is 16.5. The van der Waals surface area contributed by atoms with Crippen LogP contribution in [0.4, 0.5) is 0 Å². The van der Waals surface area contributed by atoms with Crippen LogP contribution in [0, 0.1) is 5.92 Å². The van der Waals surface area contributed by atoms with Crippen LogP contribution in [0.3, 0.4) is 0 Å². The Labute approximate surface area is 108 Å². The summed E-state index contributed by atoms with van der Waals surface area (Å²) in [5.74, 6) is 1.75. The van der Waals surface area contributed by atoms with E-state index in [0.29, 0.717) is 6.04 Å². The molecule has 1 aromatic carbocycles. The van der Waals surface area contributed by atoms with Crippen molar-refractivity contribution >= 4 is 0 Å². The van der Waals surface area contributed by atoms with E-state index < -0.39 is 0 Å². The number of ether oxygens (including phenoxy) is 2. The van der Waals surface area contributed by atoms with Gasteiger partial charge in [0.25, 0.3) is 0 Å². The van der Waals surface area contributed by atoms with E-state index in [0.717, 1.165) is 24.7 Å². The Balaban J connectivity index is 1.75. The SMILES string of the molecule is CNC1c2cc(OC)ccc2CC1OCC1CC1. The molecule has 0 amide bonds. The average Bonchev–Trinajstić information content (AvgIpc) is 3.16. The average molecular weight is 247 g/mol. The fraction of sp³-hybridized carbons (Fsp3) is 0.600. The zero-order chi connectivity index (χ0) is 12.5. The third-order valence-electron chi connectivity index (χ3n) is 4.03. The molecular weight excluding hydrogens is 226 g/mol. The van der Waals surface area contributed by atoms with E-state index >= 15 is 0 Å². The second kappa shape index (κ2) is 4.90. The van der Waals surface area contributed by atoms with Crippen molar-refractivity contribution in [2.75, 3.05) is 20.8 Å². The molecule has 0 heterocycles. The quantitative estimate of drug-likeness (QED) is 0.866. The molecule has 2 aliphatic rings. The van der Waals surface area contributed by atoms with E-state index in [1.54, 1.807) is 7.11 Å². The maximum Gasteiger partial charge on any atom is 0.119 e. The fourth-order valence-corrected chi connectivity index (χ4v) is 2.75. The Morgan fingerprint density at radius 3 is 2.83 bits per heavy atom. The summed E-state index contributed by atoms with van der Waals surface area (Å²) in [6, 6.07) is 6.64. The summed E-state index contributed by atoms with van der Waals surface area (Å²) in [6.07, 6.45) is 3.98. The van der Waals surface area contributed by atoms with Crippen molar-refractivity contribution in [1.29, 1.82) is 0 Å². The molecule has 98 valence electrons.